The first-order valence-corrected chi connectivity index (χ1v) is 8.33. The van der Waals surface area contributed by atoms with E-state index in [9.17, 15) is 9.50 Å². The highest BCUT2D eigenvalue weighted by molar-refractivity contribution is 5.38. The van der Waals surface area contributed by atoms with Crippen molar-refractivity contribution >= 4 is 0 Å². The zero-order valence-corrected chi connectivity index (χ0v) is 14.2. The molecule has 1 unspecified atom stereocenters. The first-order valence-electron chi connectivity index (χ1n) is 8.33. The third-order valence-corrected chi connectivity index (χ3v) is 4.23. The number of aliphatic hydroxyl groups is 1. The van der Waals surface area contributed by atoms with Crippen LogP contribution in [0.5, 0.6) is 5.75 Å². The van der Waals surface area contributed by atoms with E-state index in [1.807, 2.05) is 48.5 Å². The van der Waals surface area contributed by atoms with E-state index in [-0.39, 0.29) is 6.54 Å². The fraction of sp³-hybridized carbons (Fsp3) is 0.400. The van der Waals surface area contributed by atoms with E-state index in [0.29, 0.717) is 13.2 Å². The van der Waals surface area contributed by atoms with Crippen molar-refractivity contribution in [2.45, 2.75) is 38.8 Å². The van der Waals surface area contributed by atoms with E-state index >= 15 is 0 Å². The van der Waals surface area contributed by atoms with Crippen LogP contribution in [0.3, 0.4) is 0 Å². The number of hydrogen-bond donors (Lipinski definition) is 1. The normalized spacial score (nSPS) is 18.2. The molecule has 4 heteroatoms. The van der Waals surface area contributed by atoms with Gasteiger partial charge in [0, 0.05) is 13.1 Å². The minimum Gasteiger partial charge on any atom is -0.489 e. The van der Waals surface area contributed by atoms with Gasteiger partial charge in [0.1, 0.15) is 24.3 Å². The molecule has 0 radical (unpaired) electrons. The van der Waals surface area contributed by atoms with E-state index < -0.39 is 11.9 Å². The molecule has 0 aliphatic carbocycles. The fourth-order valence-corrected chi connectivity index (χ4v) is 3.11. The molecule has 0 spiro atoms. The zero-order valence-electron chi connectivity index (χ0n) is 14.2. The third kappa shape index (κ3) is 4.13. The summed E-state index contributed by atoms with van der Waals surface area (Å²) in [4.78, 5) is 1.78. The Morgan fingerprint density at radius 3 is 2.67 bits per heavy atom. The fourth-order valence-electron chi connectivity index (χ4n) is 3.11. The summed E-state index contributed by atoms with van der Waals surface area (Å²) in [5, 5.41) is 10.5. The number of alkyl halides is 1. The number of rotatable bonds is 5. The minimum absolute atomic E-state index is 0.222. The molecule has 3 rings (SSSR count). The van der Waals surface area contributed by atoms with E-state index in [4.69, 9.17) is 4.74 Å². The Morgan fingerprint density at radius 1 is 1.21 bits per heavy atom. The van der Waals surface area contributed by atoms with Crippen molar-refractivity contribution in [3.63, 3.8) is 0 Å². The standard InChI is InChI=1S/C20H24FNO2/c1-20(2,21)14-22-11-10-16-12-17(8-9-18(16)19(22)23)24-13-15-6-4-3-5-7-15/h3-9,12,19,23H,10-11,13-14H2,1-2H3. The molecule has 1 aliphatic rings. The second-order valence-corrected chi connectivity index (χ2v) is 6.95. The summed E-state index contributed by atoms with van der Waals surface area (Å²) in [6.45, 7) is 4.46. The number of halogens is 1. The molecule has 1 aliphatic heterocycles. The van der Waals surface area contributed by atoms with E-state index in [1.54, 1.807) is 4.90 Å². The zero-order chi connectivity index (χ0) is 17.2. The summed E-state index contributed by atoms with van der Waals surface area (Å²) in [6, 6.07) is 15.8. The van der Waals surface area contributed by atoms with Gasteiger partial charge < -0.3 is 9.84 Å². The molecule has 1 atom stereocenters. The Morgan fingerprint density at radius 2 is 1.96 bits per heavy atom. The first kappa shape index (κ1) is 16.9. The average Bonchev–Trinajstić information content (AvgIpc) is 2.55. The van der Waals surface area contributed by atoms with Crippen molar-refractivity contribution in [2.75, 3.05) is 13.1 Å². The van der Waals surface area contributed by atoms with Gasteiger partial charge in [-0.2, -0.15) is 0 Å². The van der Waals surface area contributed by atoms with Crippen LogP contribution in [0, 0.1) is 0 Å². The van der Waals surface area contributed by atoms with Crippen molar-refractivity contribution in [1.29, 1.82) is 0 Å². The summed E-state index contributed by atoms with van der Waals surface area (Å²) in [5.41, 5.74) is 1.71. The van der Waals surface area contributed by atoms with Gasteiger partial charge in [-0.1, -0.05) is 36.4 Å². The monoisotopic (exact) mass is 329 g/mol. The quantitative estimate of drug-likeness (QED) is 0.904. The molecule has 128 valence electrons. The lowest BCUT2D eigenvalue weighted by atomic mass is 9.96. The molecule has 3 nitrogen and oxygen atoms in total. The topological polar surface area (TPSA) is 32.7 Å². The van der Waals surface area contributed by atoms with Crippen LogP contribution in [0.4, 0.5) is 4.39 Å². The predicted octanol–water partition coefficient (Wildman–Crippen LogP) is 3.86. The van der Waals surface area contributed by atoms with Crippen LogP contribution in [0.2, 0.25) is 0 Å². The van der Waals surface area contributed by atoms with Crippen molar-refractivity contribution in [2.24, 2.45) is 0 Å². The Hall–Kier alpha value is -1.91. The van der Waals surface area contributed by atoms with Crippen LogP contribution in [0.15, 0.2) is 48.5 Å². The Labute approximate surface area is 142 Å². The van der Waals surface area contributed by atoms with Crippen LogP contribution in [-0.4, -0.2) is 28.8 Å². The molecule has 2 aromatic carbocycles. The summed E-state index contributed by atoms with van der Waals surface area (Å²) in [7, 11) is 0. The molecule has 0 amide bonds. The van der Waals surface area contributed by atoms with Crippen LogP contribution in [0.25, 0.3) is 0 Å². The lowest BCUT2D eigenvalue weighted by molar-refractivity contribution is -0.0336. The molecule has 0 aromatic heterocycles. The molecule has 1 heterocycles. The van der Waals surface area contributed by atoms with Gasteiger partial charge in [-0.3, -0.25) is 4.90 Å². The SMILES string of the molecule is CC(C)(F)CN1CCc2cc(OCc3ccccc3)ccc2C1O. The largest absolute Gasteiger partial charge is 0.489 e. The van der Waals surface area contributed by atoms with Crippen molar-refractivity contribution in [3.05, 3.63) is 65.2 Å². The van der Waals surface area contributed by atoms with E-state index in [2.05, 4.69) is 0 Å². The highest BCUT2D eigenvalue weighted by Crippen LogP contribution is 2.32. The van der Waals surface area contributed by atoms with Gasteiger partial charge in [-0.05, 0) is 49.1 Å². The summed E-state index contributed by atoms with van der Waals surface area (Å²) in [6.07, 6.45) is 0.0253. The van der Waals surface area contributed by atoms with Gasteiger partial charge >= 0.3 is 0 Å². The number of nitrogens with zero attached hydrogens (tertiary/aromatic N) is 1. The highest BCUT2D eigenvalue weighted by Gasteiger charge is 2.30. The molecule has 1 N–H and O–H groups in total. The van der Waals surface area contributed by atoms with Crippen LogP contribution >= 0.6 is 0 Å². The average molecular weight is 329 g/mol. The molecule has 2 aromatic rings. The smallest absolute Gasteiger partial charge is 0.133 e. The maximum atomic E-state index is 13.9. The Kier molecular flexibility index (Phi) is 4.88. The van der Waals surface area contributed by atoms with E-state index in [1.165, 1.54) is 13.8 Å². The number of fused-ring (bicyclic) bond motifs is 1. The van der Waals surface area contributed by atoms with E-state index in [0.717, 1.165) is 28.9 Å². The number of ether oxygens (including phenoxy) is 1. The number of hydrogen-bond acceptors (Lipinski definition) is 3. The van der Waals surface area contributed by atoms with Gasteiger partial charge in [0.25, 0.3) is 0 Å². The van der Waals surface area contributed by atoms with Crippen molar-refractivity contribution in [1.82, 2.24) is 4.90 Å². The Bertz CT molecular complexity index is 682. The molecule has 0 saturated carbocycles. The molecular weight excluding hydrogens is 305 g/mol. The second-order valence-electron chi connectivity index (χ2n) is 6.95. The van der Waals surface area contributed by atoms with Crippen molar-refractivity contribution in [3.8, 4) is 5.75 Å². The maximum absolute atomic E-state index is 13.9. The number of aliphatic hydroxyl groups excluding tert-OH is 1. The highest BCUT2D eigenvalue weighted by atomic mass is 19.1. The number of benzene rings is 2. The van der Waals surface area contributed by atoms with Gasteiger partial charge in [0.15, 0.2) is 0 Å². The first-order chi connectivity index (χ1) is 11.4. The van der Waals surface area contributed by atoms with Gasteiger partial charge in [-0.15, -0.1) is 0 Å². The third-order valence-electron chi connectivity index (χ3n) is 4.23. The van der Waals surface area contributed by atoms with Crippen molar-refractivity contribution < 1.29 is 14.2 Å². The predicted molar refractivity (Wildman–Crippen MR) is 92.6 cm³/mol. The molecule has 0 fully saturated rings. The van der Waals surface area contributed by atoms with Gasteiger partial charge in [-0.25, -0.2) is 4.39 Å². The lowest BCUT2D eigenvalue weighted by Gasteiger charge is -2.36. The second kappa shape index (κ2) is 6.91. The summed E-state index contributed by atoms with van der Waals surface area (Å²) < 4.78 is 19.7. The molecule has 0 bridgehead atoms. The Balaban J connectivity index is 1.69. The van der Waals surface area contributed by atoms with Gasteiger partial charge in [0.2, 0.25) is 0 Å². The summed E-state index contributed by atoms with van der Waals surface area (Å²) in [5.74, 6) is 0.795. The lowest BCUT2D eigenvalue weighted by Crippen LogP contribution is -2.42. The molecular formula is C20H24FNO2. The maximum Gasteiger partial charge on any atom is 0.133 e. The van der Waals surface area contributed by atoms with Crippen LogP contribution in [0.1, 0.15) is 36.8 Å². The van der Waals surface area contributed by atoms with Crippen LogP contribution < -0.4 is 4.74 Å². The van der Waals surface area contributed by atoms with Crippen LogP contribution in [-0.2, 0) is 13.0 Å². The van der Waals surface area contributed by atoms with Gasteiger partial charge in [0.05, 0.1) is 0 Å². The summed E-state index contributed by atoms with van der Waals surface area (Å²) >= 11 is 0. The minimum atomic E-state index is -1.32. The molecule has 24 heavy (non-hydrogen) atoms. The molecule has 0 saturated heterocycles.